The van der Waals surface area contributed by atoms with Gasteiger partial charge >= 0.3 is 0 Å². The van der Waals surface area contributed by atoms with E-state index in [0.29, 0.717) is 23.2 Å². The van der Waals surface area contributed by atoms with Crippen molar-refractivity contribution >= 4 is 11.6 Å². The Morgan fingerprint density at radius 1 is 1.32 bits per heavy atom. The number of halogens is 1. The standard InChI is InChI=1S/C14H18ClN3O/c1-14(2,3)12(16)13-17-11(18-19-13)8-9-6-4-5-7-10(9)15/h4-7,12H,8,16H2,1-3H3/t12-/m1/s1. The second-order valence-electron chi connectivity index (χ2n) is 5.66. The molecule has 0 aliphatic heterocycles. The molecular weight excluding hydrogens is 262 g/mol. The number of benzene rings is 1. The molecule has 0 saturated heterocycles. The van der Waals surface area contributed by atoms with E-state index in [0.717, 1.165) is 5.56 Å². The van der Waals surface area contributed by atoms with Crippen molar-refractivity contribution in [3.05, 3.63) is 46.6 Å². The van der Waals surface area contributed by atoms with Crippen LogP contribution in [0.4, 0.5) is 0 Å². The first kappa shape index (κ1) is 14.0. The highest BCUT2D eigenvalue weighted by Crippen LogP contribution is 2.29. The molecule has 1 aromatic carbocycles. The van der Waals surface area contributed by atoms with Gasteiger partial charge in [0.25, 0.3) is 0 Å². The second-order valence-corrected chi connectivity index (χ2v) is 6.07. The van der Waals surface area contributed by atoms with Gasteiger partial charge in [-0.15, -0.1) is 0 Å². The zero-order chi connectivity index (χ0) is 14.0. The van der Waals surface area contributed by atoms with Crippen LogP contribution < -0.4 is 5.73 Å². The molecule has 4 nitrogen and oxygen atoms in total. The third-order valence-electron chi connectivity index (χ3n) is 2.99. The first-order chi connectivity index (χ1) is 8.88. The Hall–Kier alpha value is -1.39. The molecule has 0 fully saturated rings. The highest BCUT2D eigenvalue weighted by atomic mass is 35.5. The maximum Gasteiger partial charge on any atom is 0.244 e. The molecule has 102 valence electrons. The van der Waals surface area contributed by atoms with Gasteiger partial charge in [0.05, 0.1) is 6.04 Å². The van der Waals surface area contributed by atoms with Gasteiger partial charge in [-0.2, -0.15) is 4.98 Å². The highest BCUT2D eigenvalue weighted by Gasteiger charge is 2.27. The van der Waals surface area contributed by atoms with Gasteiger partial charge in [0.2, 0.25) is 5.89 Å². The molecule has 1 heterocycles. The van der Waals surface area contributed by atoms with Gasteiger partial charge in [-0.1, -0.05) is 55.7 Å². The summed E-state index contributed by atoms with van der Waals surface area (Å²) >= 11 is 6.11. The minimum Gasteiger partial charge on any atom is -0.338 e. The van der Waals surface area contributed by atoms with Crippen LogP contribution in [-0.2, 0) is 6.42 Å². The molecule has 1 aromatic heterocycles. The third kappa shape index (κ3) is 3.33. The molecule has 5 heteroatoms. The van der Waals surface area contributed by atoms with Crippen molar-refractivity contribution in [3.8, 4) is 0 Å². The Kier molecular flexibility index (Phi) is 3.92. The summed E-state index contributed by atoms with van der Waals surface area (Å²) in [5, 5.41) is 4.67. The molecule has 0 amide bonds. The van der Waals surface area contributed by atoms with E-state index in [1.165, 1.54) is 0 Å². The Labute approximate surface area is 118 Å². The van der Waals surface area contributed by atoms with Gasteiger partial charge in [-0.25, -0.2) is 0 Å². The molecule has 2 aromatic rings. The van der Waals surface area contributed by atoms with E-state index >= 15 is 0 Å². The fourth-order valence-electron chi connectivity index (χ4n) is 1.65. The van der Waals surface area contributed by atoms with Crippen LogP contribution in [0.5, 0.6) is 0 Å². The normalized spacial score (nSPS) is 13.5. The fraction of sp³-hybridized carbons (Fsp3) is 0.429. The molecule has 1 atom stereocenters. The molecule has 19 heavy (non-hydrogen) atoms. The summed E-state index contributed by atoms with van der Waals surface area (Å²) in [6.07, 6.45) is 0.542. The van der Waals surface area contributed by atoms with E-state index < -0.39 is 0 Å². The van der Waals surface area contributed by atoms with Crippen molar-refractivity contribution in [1.29, 1.82) is 0 Å². The van der Waals surface area contributed by atoms with Crippen LogP contribution in [0.3, 0.4) is 0 Å². The molecular formula is C14H18ClN3O. The van der Waals surface area contributed by atoms with E-state index in [1.54, 1.807) is 0 Å². The minimum atomic E-state index is -0.278. The summed E-state index contributed by atoms with van der Waals surface area (Å²) in [7, 11) is 0. The summed E-state index contributed by atoms with van der Waals surface area (Å²) in [5.74, 6) is 1.07. The summed E-state index contributed by atoms with van der Waals surface area (Å²) in [6.45, 7) is 6.11. The summed E-state index contributed by atoms with van der Waals surface area (Å²) in [5.41, 5.74) is 6.94. The van der Waals surface area contributed by atoms with Crippen LogP contribution in [0.1, 0.15) is 44.1 Å². The molecule has 0 saturated carbocycles. The quantitative estimate of drug-likeness (QED) is 0.936. The smallest absolute Gasteiger partial charge is 0.244 e. The fourth-order valence-corrected chi connectivity index (χ4v) is 1.85. The zero-order valence-electron chi connectivity index (χ0n) is 11.4. The molecule has 0 aliphatic carbocycles. The largest absolute Gasteiger partial charge is 0.338 e. The van der Waals surface area contributed by atoms with Crippen molar-refractivity contribution in [2.24, 2.45) is 11.1 Å². The number of aromatic nitrogens is 2. The van der Waals surface area contributed by atoms with Gasteiger partial charge in [0, 0.05) is 11.4 Å². The highest BCUT2D eigenvalue weighted by molar-refractivity contribution is 6.31. The van der Waals surface area contributed by atoms with Crippen LogP contribution in [0.25, 0.3) is 0 Å². The van der Waals surface area contributed by atoms with Crippen LogP contribution in [0.2, 0.25) is 5.02 Å². The van der Waals surface area contributed by atoms with Gasteiger partial charge in [-0.3, -0.25) is 0 Å². The average molecular weight is 280 g/mol. The van der Waals surface area contributed by atoms with Crippen molar-refractivity contribution in [2.45, 2.75) is 33.2 Å². The second kappa shape index (κ2) is 5.31. The van der Waals surface area contributed by atoms with Gasteiger partial charge < -0.3 is 10.3 Å². The Morgan fingerprint density at radius 2 is 2.00 bits per heavy atom. The molecule has 0 bridgehead atoms. The summed E-state index contributed by atoms with van der Waals surface area (Å²) < 4.78 is 5.24. The van der Waals surface area contributed by atoms with Gasteiger partial charge in [0.15, 0.2) is 5.82 Å². The van der Waals surface area contributed by atoms with E-state index in [4.69, 9.17) is 21.9 Å². The number of nitrogens with zero attached hydrogens (tertiary/aromatic N) is 2. The SMILES string of the molecule is CC(C)(C)[C@H](N)c1nc(Cc2ccccc2Cl)no1. The molecule has 2 rings (SSSR count). The summed E-state index contributed by atoms with van der Waals surface area (Å²) in [6, 6.07) is 7.34. The lowest BCUT2D eigenvalue weighted by atomic mass is 9.87. The van der Waals surface area contributed by atoms with E-state index in [9.17, 15) is 0 Å². The summed E-state index contributed by atoms with van der Waals surface area (Å²) in [4.78, 5) is 4.35. The molecule has 0 aliphatic rings. The van der Waals surface area contributed by atoms with E-state index in [2.05, 4.69) is 10.1 Å². The first-order valence-electron chi connectivity index (χ1n) is 6.19. The average Bonchev–Trinajstić information content (AvgIpc) is 2.78. The van der Waals surface area contributed by atoms with Crippen LogP contribution in [0, 0.1) is 5.41 Å². The zero-order valence-corrected chi connectivity index (χ0v) is 12.1. The number of nitrogens with two attached hydrogens (primary N) is 1. The maximum absolute atomic E-state index is 6.11. The predicted octanol–water partition coefficient (Wildman–Crippen LogP) is 3.36. The monoisotopic (exact) mass is 279 g/mol. The number of rotatable bonds is 3. The number of hydrogen-bond donors (Lipinski definition) is 1. The Bertz CT molecular complexity index is 560. The van der Waals surface area contributed by atoms with Gasteiger partial charge in [-0.05, 0) is 17.0 Å². The topological polar surface area (TPSA) is 64.9 Å². The molecule has 0 unspecified atom stereocenters. The minimum absolute atomic E-state index is 0.117. The van der Waals surface area contributed by atoms with Crippen molar-refractivity contribution in [2.75, 3.05) is 0 Å². The van der Waals surface area contributed by atoms with E-state index in [1.807, 2.05) is 45.0 Å². The molecule has 0 radical (unpaired) electrons. The first-order valence-corrected chi connectivity index (χ1v) is 6.57. The lowest BCUT2D eigenvalue weighted by Gasteiger charge is -2.23. The van der Waals surface area contributed by atoms with Gasteiger partial charge in [0.1, 0.15) is 0 Å². The maximum atomic E-state index is 6.11. The third-order valence-corrected chi connectivity index (χ3v) is 3.36. The van der Waals surface area contributed by atoms with Crippen LogP contribution in [-0.4, -0.2) is 10.1 Å². The lowest BCUT2D eigenvalue weighted by molar-refractivity contribution is 0.252. The molecule has 2 N–H and O–H groups in total. The Balaban J connectivity index is 2.16. The van der Waals surface area contributed by atoms with Crippen molar-refractivity contribution in [1.82, 2.24) is 10.1 Å². The number of hydrogen-bond acceptors (Lipinski definition) is 4. The predicted molar refractivity (Wildman–Crippen MR) is 74.9 cm³/mol. The van der Waals surface area contributed by atoms with Crippen LogP contribution >= 0.6 is 11.6 Å². The Morgan fingerprint density at radius 3 is 2.63 bits per heavy atom. The van der Waals surface area contributed by atoms with Crippen molar-refractivity contribution in [3.63, 3.8) is 0 Å². The molecule has 0 spiro atoms. The lowest BCUT2D eigenvalue weighted by Crippen LogP contribution is -2.26. The van der Waals surface area contributed by atoms with Crippen molar-refractivity contribution < 1.29 is 4.52 Å². The van der Waals surface area contributed by atoms with E-state index in [-0.39, 0.29) is 11.5 Å². The van der Waals surface area contributed by atoms with Crippen LogP contribution in [0.15, 0.2) is 28.8 Å².